The number of aliphatic carboxylic acids is 3. The van der Waals surface area contributed by atoms with Crippen LogP contribution in [-0.4, -0.2) is 128 Å². The number of carboxylic acid groups (broad SMARTS) is 3. The molecule has 1 aliphatic heterocycles. The molecular weight excluding hydrogens is 461 g/mol. The summed E-state index contributed by atoms with van der Waals surface area (Å²) in [6.07, 6.45) is 1.50. The molecule has 35 heavy (non-hydrogen) atoms. The molecule has 1 aliphatic rings. The van der Waals surface area contributed by atoms with Gasteiger partial charge in [-0.05, 0) is 32.9 Å². The molecule has 1 aromatic heterocycles. The standard InChI is InChI=1S/C23H36FN5O6/c1-16(21(30)31)27-9-7-26(15-20-19(24)5-4-6-25-20)8-10-28(17(2)22(32)33)12-14-29(13-11-27)18(3)23(34)35/h4-6,16-18H,7-15H2,1-3H3,(H,30,31)(H,32,33)(H,34,35). The first-order valence-electron chi connectivity index (χ1n) is 11.7. The van der Waals surface area contributed by atoms with Crippen molar-refractivity contribution >= 4 is 17.9 Å². The molecule has 11 nitrogen and oxygen atoms in total. The molecular formula is C23H36FN5O6. The molecule has 3 atom stereocenters. The summed E-state index contributed by atoms with van der Waals surface area (Å²) in [5, 5.41) is 28.7. The Labute approximate surface area is 204 Å². The summed E-state index contributed by atoms with van der Waals surface area (Å²) in [6, 6.07) is 0.430. The lowest BCUT2D eigenvalue weighted by atomic mass is 10.2. The fourth-order valence-electron chi connectivity index (χ4n) is 4.04. The maximum atomic E-state index is 14.3. The van der Waals surface area contributed by atoms with Crippen LogP contribution >= 0.6 is 0 Å². The van der Waals surface area contributed by atoms with Crippen LogP contribution in [-0.2, 0) is 20.9 Å². The van der Waals surface area contributed by atoms with Crippen molar-refractivity contribution in [2.45, 2.75) is 45.4 Å². The molecule has 0 radical (unpaired) electrons. The average Bonchev–Trinajstić information content (AvgIpc) is 2.80. The third kappa shape index (κ3) is 8.49. The van der Waals surface area contributed by atoms with Gasteiger partial charge in [-0.25, -0.2) is 4.39 Å². The van der Waals surface area contributed by atoms with Crippen LogP contribution in [0.5, 0.6) is 0 Å². The molecule has 1 saturated heterocycles. The smallest absolute Gasteiger partial charge is 0.320 e. The number of carboxylic acids is 3. The van der Waals surface area contributed by atoms with Gasteiger partial charge in [-0.15, -0.1) is 0 Å². The number of nitrogens with zero attached hydrogens (tertiary/aromatic N) is 5. The molecule has 196 valence electrons. The van der Waals surface area contributed by atoms with Crippen LogP contribution in [0.15, 0.2) is 18.3 Å². The number of aromatic nitrogens is 1. The van der Waals surface area contributed by atoms with Crippen LogP contribution in [0.25, 0.3) is 0 Å². The van der Waals surface area contributed by atoms with Crippen molar-refractivity contribution < 1.29 is 34.1 Å². The van der Waals surface area contributed by atoms with Gasteiger partial charge in [0.15, 0.2) is 0 Å². The molecule has 0 amide bonds. The molecule has 1 aromatic rings. The van der Waals surface area contributed by atoms with Gasteiger partial charge in [0, 0.05) is 65.1 Å². The Morgan fingerprint density at radius 3 is 1.51 bits per heavy atom. The maximum absolute atomic E-state index is 14.3. The highest BCUT2D eigenvalue weighted by Gasteiger charge is 2.28. The second kappa shape index (κ2) is 13.4. The normalized spacial score (nSPS) is 20.8. The van der Waals surface area contributed by atoms with E-state index in [1.807, 2.05) is 4.90 Å². The SMILES string of the molecule is CC(C(=O)O)N1CCN(Cc2ncccc2F)CCN(C(C)C(=O)O)CCN(C(C)C(=O)O)CC1. The van der Waals surface area contributed by atoms with E-state index in [9.17, 15) is 34.1 Å². The molecule has 0 aromatic carbocycles. The lowest BCUT2D eigenvalue weighted by Crippen LogP contribution is -2.53. The van der Waals surface area contributed by atoms with E-state index >= 15 is 0 Å². The lowest BCUT2D eigenvalue weighted by Gasteiger charge is -2.37. The Hall–Kier alpha value is -2.67. The van der Waals surface area contributed by atoms with E-state index < -0.39 is 41.9 Å². The van der Waals surface area contributed by atoms with Crippen LogP contribution < -0.4 is 0 Å². The van der Waals surface area contributed by atoms with Crippen LogP contribution in [0.4, 0.5) is 4.39 Å². The molecule has 1 fully saturated rings. The van der Waals surface area contributed by atoms with Gasteiger partial charge in [-0.2, -0.15) is 0 Å². The van der Waals surface area contributed by atoms with Gasteiger partial charge in [0.1, 0.15) is 23.9 Å². The summed E-state index contributed by atoms with van der Waals surface area (Å²) in [6.45, 7) is 7.65. The quantitative estimate of drug-likeness (QED) is 0.459. The predicted octanol–water partition coefficient (Wildman–Crippen LogP) is 0.362. The summed E-state index contributed by atoms with van der Waals surface area (Å²) in [7, 11) is 0. The van der Waals surface area contributed by atoms with E-state index in [-0.39, 0.29) is 12.2 Å². The summed E-state index contributed by atoms with van der Waals surface area (Å²) in [4.78, 5) is 46.4. The van der Waals surface area contributed by atoms with Crippen molar-refractivity contribution in [1.29, 1.82) is 0 Å². The fraction of sp³-hybridized carbons (Fsp3) is 0.652. The number of pyridine rings is 1. The number of carbonyl (C=O) groups is 3. The molecule has 0 bridgehead atoms. The van der Waals surface area contributed by atoms with Crippen molar-refractivity contribution in [1.82, 2.24) is 24.6 Å². The summed E-state index contributed by atoms with van der Waals surface area (Å²) in [5.41, 5.74) is 0.261. The molecule has 3 N–H and O–H groups in total. The zero-order chi connectivity index (χ0) is 26.1. The van der Waals surface area contributed by atoms with E-state index in [0.717, 1.165) is 0 Å². The Kier molecular flexibility index (Phi) is 11.0. The molecule has 0 saturated carbocycles. The van der Waals surface area contributed by atoms with Crippen molar-refractivity contribution in [2.24, 2.45) is 0 Å². The second-order valence-electron chi connectivity index (χ2n) is 8.86. The van der Waals surface area contributed by atoms with Crippen molar-refractivity contribution in [3.63, 3.8) is 0 Å². The molecule has 2 rings (SSSR count). The third-order valence-corrected chi connectivity index (χ3v) is 6.68. The van der Waals surface area contributed by atoms with Crippen LogP contribution in [0.3, 0.4) is 0 Å². The first kappa shape index (κ1) is 28.6. The van der Waals surface area contributed by atoms with Crippen LogP contribution in [0.2, 0.25) is 0 Å². The Balaban J connectivity index is 2.31. The van der Waals surface area contributed by atoms with Gasteiger partial charge < -0.3 is 15.3 Å². The first-order valence-corrected chi connectivity index (χ1v) is 11.7. The molecule has 12 heteroatoms. The molecule has 3 unspecified atom stereocenters. The first-order chi connectivity index (χ1) is 16.5. The highest BCUT2D eigenvalue weighted by Crippen LogP contribution is 2.12. The number of rotatable bonds is 8. The monoisotopic (exact) mass is 497 g/mol. The number of hydrogen-bond acceptors (Lipinski definition) is 8. The number of halogens is 1. The Morgan fingerprint density at radius 2 is 1.17 bits per heavy atom. The lowest BCUT2D eigenvalue weighted by molar-refractivity contribution is -0.145. The zero-order valence-electron chi connectivity index (χ0n) is 20.5. The third-order valence-electron chi connectivity index (χ3n) is 6.68. The van der Waals surface area contributed by atoms with E-state index in [4.69, 9.17) is 0 Å². The summed E-state index contributed by atoms with van der Waals surface area (Å²) >= 11 is 0. The minimum absolute atomic E-state index is 0.194. The number of hydrogen-bond donors (Lipinski definition) is 3. The van der Waals surface area contributed by atoms with E-state index in [0.29, 0.717) is 52.4 Å². The van der Waals surface area contributed by atoms with E-state index in [1.165, 1.54) is 18.3 Å². The highest BCUT2D eigenvalue weighted by molar-refractivity contribution is 5.73. The fourth-order valence-corrected chi connectivity index (χ4v) is 4.04. The van der Waals surface area contributed by atoms with Gasteiger partial charge in [-0.1, -0.05) is 0 Å². The molecule has 0 aliphatic carbocycles. The molecule has 0 spiro atoms. The predicted molar refractivity (Wildman–Crippen MR) is 125 cm³/mol. The van der Waals surface area contributed by atoms with Gasteiger partial charge in [0.2, 0.25) is 0 Å². The van der Waals surface area contributed by atoms with Crippen molar-refractivity contribution in [3.05, 3.63) is 29.8 Å². The van der Waals surface area contributed by atoms with Crippen LogP contribution in [0.1, 0.15) is 26.5 Å². The van der Waals surface area contributed by atoms with Crippen molar-refractivity contribution in [3.8, 4) is 0 Å². The minimum Gasteiger partial charge on any atom is -0.480 e. The Morgan fingerprint density at radius 1 is 0.800 bits per heavy atom. The summed E-state index contributed by atoms with van der Waals surface area (Å²) < 4.78 is 14.3. The average molecular weight is 498 g/mol. The van der Waals surface area contributed by atoms with E-state index in [1.54, 1.807) is 35.5 Å². The highest BCUT2D eigenvalue weighted by atomic mass is 19.1. The van der Waals surface area contributed by atoms with Gasteiger partial charge in [-0.3, -0.25) is 39.0 Å². The molecule has 2 heterocycles. The maximum Gasteiger partial charge on any atom is 0.320 e. The minimum atomic E-state index is -1.00. The Bertz CT molecular complexity index is 839. The topological polar surface area (TPSA) is 138 Å². The summed E-state index contributed by atoms with van der Waals surface area (Å²) in [5.74, 6) is -3.42. The van der Waals surface area contributed by atoms with Gasteiger partial charge in [0.05, 0.1) is 5.69 Å². The second-order valence-corrected chi connectivity index (χ2v) is 8.86. The van der Waals surface area contributed by atoms with Gasteiger partial charge >= 0.3 is 17.9 Å². The van der Waals surface area contributed by atoms with E-state index in [2.05, 4.69) is 4.98 Å². The van der Waals surface area contributed by atoms with Gasteiger partial charge in [0.25, 0.3) is 0 Å². The van der Waals surface area contributed by atoms with Crippen LogP contribution in [0, 0.1) is 5.82 Å². The zero-order valence-corrected chi connectivity index (χ0v) is 20.5. The largest absolute Gasteiger partial charge is 0.480 e. The van der Waals surface area contributed by atoms with Crippen molar-refractivity contribution in [2.75, 3.05) is 52.4 Å².